The van der Waals surface area contributed by atoms with Gasteiger partial charge in [0, 0.05) is 6.54 Å². The fraction of sp³-hybridized carbons (Fsp3) is 0.280. The quantitative estimate of drug-likeness (QED) is 0.200. The van der Waals surface area contributed by atoms with Gasteiger partial charge in [0.05, 0.1) is 35.7 Å². The van der Waals surface area contributed by atoms with Crippen molar-refractivity contribution < 1.29 is 23.8 Å². The van der Waals surface area contributed by atoms with Gasteiger partial charge >= 0.3 is 5.97 Å². The summed E-state index contributed by atoms with van der Waals surface area (Å²) in [6.45, 7) is 8.32. The third-order valence-electron chi connectivity index (χ3n) is 4.86. The maximum atomic E-state index is 12.6. The van der Waals surface area contributed by atoms with Crippen molar-refractivity contribution >= 4 is 40.9 Å². The zero-order valence-corrected chi connectivity index (χ0v) is 21.8. The number of rotatable bonds is 12. The van der Waals surface area contributed by atoms with Crippen LogP contribution in [0.25, 0.3) is 0 Å². The van der Waals surface area contributed by atoms with Gasteiger partial charge in [0.25, 0.3) is 0 Å². The van der Waals surface area contributed by atoms with Crippen LogP contribution in [0.15, 0.2) is 54.2 Å². The highest BCUT2D eigenvalue weighted by Gasteiger charge is 2.16. The lowest BCUT2D eigenvalue weighted by molar-refractivity contribution is -0.113. The number of benzene rings is 2. The number of aromatic nitrogens is 3. The number of allylic oxidation sites excluding steroid dienone is 1. The van der Waals surface area contributed by atoms with E-state index in [2.05, 4.69) is 22.1 Å². The van der Waals surface area contributed by atoms with Crippen LogP contribution in [0.1, 0.15) is 28.7 Å². The summed E-state index contributed by atoms with van der Waals surface area (Å²) in [6.07, 6.45) is 1.71. The van der Waals surface area contributed by atoms with Gasteiger partial charge in [0.2, 0.25) is 5.91 Å². The van der Waals surface area contributed by atoms with E-state index in [4.69, 9.17) is 25.8 Å². The zero-order valence-electron chi connectivity index (χ0n) is 20.2. The van der Waals surface area contributed by atoms with Gasteiger partial charge in [-0.1, -0.05) is 35.5 Å². The van der Waals surface area contributed by atoms with Crippen molar-refractivity contribution in [2.24, 2.45) is 0 Å². The van der Waals surface area contributed by atoms with E-state index < -0.39 is 5.97 Å². The summed E-state index contributed by atoms with van der Waals surface area (Å²) in [5, 5.41) is 12.0. The molecule has 0 unspecified atom stereocenters. The minimum Gasteiger partial charge on any atom is -0.493 e. The van der Waals surface area contributed by atoms with Gasteiger partial charge in [-0.15, -0.1) is 16.8 Å². The fourth-order valence-electron chi connectivity index (χ4n) is 3.16. The Balaban J connectivity index is 1.65. The van der Waals surface area contributed by atoms with Crippen LogP contribution in [-0.2, 0) is 22.7 Å². The van der Waals surface area contributed by atoms with Crippen molar-refractivity contribution in [3.63, 3.8) is 0 Å². The molecule has 0 aliphatic heterocycles. The molecule has 0 radical (unpaired) electrons. The second-order valence-corrected chi connectivity index (χ2v) is 8.84. The lowest BCUT2D eigenvalue weighted by Gasteiger charge is -2.12. The predicted molar refractivity (Wildman–Crippen MR) is 139 cm³/mol. The molecule has 1 aromatic heterocycles. The lowest BCUT2D eigenvalue weighted by atomic mass is 10.2. The highest BCUT2D eigenvalue weighted by Crippen LogP contribution is 2.29. The van der Waals surface area contributed by atoms with Crippen molar-refractivity contribution in [3.8, 4) is 11.5 Å². The number of hydrogen-bond acceptors (Lipinski definition) is 8. The Bertz CT molecular complexity index is 1250. The highest BCUT2D eigenvalue weighted by atomic mass is 35.5. The van der Waals surface area contributed by atoms with Crippen LogP contribution < -0.4 is 14.8 Å². The summed E-state index contributed by atoms with van der Waals surface area (Å²) in [6, 6.07) is 10.2. The lowest BCUT2D eigenvalue weighted by Crippen LogP contribution is -2.16. The Morgan fingerprint density at radius 2 is 2.00 bits per heavy atom. The normalized spacial score (nSPS) is 10.6. The van der Waals surface area contributed by atoms with Gasteiger partial charge in [-0.2, -0.15) is 0 Å². The first-order valence-corrected chi connectivity index (χ1v) is 12.4. The first-order chi connectivity index (χ1) is 17.4. The second kappa shape index (κ2) is 13.0. The fourth-order valence-corrected chi connectivity index (χ4v) is 4.09. The predicted octanol–water partition coefficient (Wildman–Crippen LogP) is 4.92. The Morgan fingerprint density at radius 1 is 1.19 bits per heavy atom. The van der Waals surface area contributed by atoms with Crippen LogP contribution in [0.5, 0.6) is 11.5 Å². The van der Waals surface area contributed by atoms with Gasteiger partial charge in [-0.25, -0.2) is 4.79 Å². The minimum absolute atomic E-state index is 0.0435. The SMILES string of the molecule is C=CCn1c(COc2ccc(C)cc2OC)nnc1SCC(=O)Nc1cc(C(=O)OCC)ccc1Cl. The van der Waals surface area contributed by atoms with Crippen molar-refractivity contribution in [2.45, 2.75) is 32.2 Å². The number of esters is 1. The number of aryl methyl sites for hydroxylation is 1. The van der Waals surface area contributed by atoms with E-state index in [1.165, 1.54) is 30.0 Å². The molecule has 0 spiro atoms. The number of hydrogen-bond donors (Lipinski definition) is 1. The van der Waals surface area contributed by atoms with E-state index in [9.17, 15) is 9.59 Å². The van der Waals surface area contributed by atoms with Gasteiger partial charge in [-0.05, 0) is 49.7 Å². The summed E-state index contributed by atoms with van der Waals surface area (Å²) in [5.41, 5.74) is 1.67. The van der Waals surface area contributed by atoms with Crippen LogP contribution in [0.2, 0.25) is 5.02 Å². The van der Waals surface area contributed by atoms with Crippen molar-refractivity contribution in [1.82, 2.24) is 14.8 Å². The molecule has 0 atom stereocenters. The largest absolute Gasteiger partial charge is 0.493 e. The van der Waals surface area contributed by atoms with Crippen LogP contribution in [0, 0.1) is 6.92 Å². The molecule has 2 aromatic carbocycles. The molecule has 1 heterocycles. The summed E-state index contributed by atoms with van der Waals surface area (Å²) < 4.78 is 18.1. The van der Waals surface area contributed by atoms with E-state index >= 15 is 0 Å². The number of methoxy groups -OCH3 is 1. The van der Waals surface area contributed by atoms with Crippen molar-refractivity contribution in [3.05, 3.63) is 71.0 Å². The van der Waals surface area contributed by atoms with Crippen LogP contribution in [-0.4, -0.2) is 46.1 Å². The Morgan fingerprint density at radius 3 is 2.72 bits per heavy atom. The summed E-state index contributed by atoms with van der Waals surface area (Å²) in [7, 11) is 1.59. The molecule has 0 aliphatic rings. The molecule has 3 aromatic rings. The molecule has 0 fully saturated rings. The smallest absolute Gasteiger partial charge is 0.338 e. The number of nitrogens with zero attached hydrogens (tertiary/aromatic N) is 3. The number of thioether (sulfide) groups is 1. The number of carbonyl (C=O) groups is 2. The molecule has 0 aliphatic carbocycles. The molecule has 3 rings (SSSR count). The first kappa shape index (κ1) is 27.1. The first-order valence-electron chi connectivity index (χ1n) is 11.1. The van der Waals surface area contributed by atoms with Gasteiger partial charge in [-0.3, -0.25) is 9.36 Å². The molecule has 0 saturated heterocycles. The number of anilines is 1. The molecular weight excluding hydrogens is 504 g/mol. The molecule has 11 heteroatoms. The van der Waals surface area contributed by atoms with E-state index in [1.807, 2.05) is 29.7 Å². The van der Waals surface area contributed by atoms with Gasteiger partial charge in [0.1, 0.15) is 6.61 Å². The number of ether oxygens (including phenoxy) is 3. The topological polar surface area (TPSA) is 105 Å². The molecule has 190 valence electrons. The molecule has 9 nitrogen and oxygen atoms in total. The van der Waals surface area contributed by atoms with Gasteiger partial charge in [0.15, 0.2) is 22.5 Å². The maximum Gasteiger partial charge on any atom is 0.338 e. The molecule has 0 bridgehead atoms. The highest BCUT2D eigenvalue weighted by molar-refractivity contribution is 7.99. The molecule has 36 heavy (non-hydrogen) atoms. The summed E-state index contributed by atoms with van der Waals surface area (Å²) in [4.78, 5) is 24.6. The van der Waals surface area contributed by atoms with E-state index in [1.54, 1.807) is 20.1 Å². The number of nitrogens with one attached hydrogen (secondary N) is 1. The van der Waals surface area contributed by atoms with Crippen LogP contribution in [0.4, 0.5) is 5.69 Å². The molecule has 0 saturated carbocycles. The Hall–Kier alpha value is -3.50. The van der Waals surface area contributed by atoms with Crippen molar-refractivity contribution in [1.29, 1.82) is 0 Å². The second-order valence-electron chi connectivity index (χ2n) is 7.49. The van der Waals surface area contributed by atoms with Gasteiger partial charge < -0.3 is 19.5 Å². The Kier molecular flexibility index (Phi) is 9.77. The standard InChI is InChI=1S/C25H27ClN4O5S/c1-5-11-30-22(14-35-20-10-7-16(3)12-21(20)33-4)28-29-25(30)36-15-23(31)27-19-13-17(8-9-18(19)26)24(32)34-6-2/h5,7-10,12-13H,1,6,11,14-15H2,2-4H3,(H,27,31). The number of halogens is 1. The van der Waals surface area contributed by atoms with Crippen molar-refractivity contribution in [2.75, 3.05) is 24.8 Å². The molecule has 1 amide bonds. The van der Waals surface area contributed by atoms with Crippen LogP contribution in [0.3, 0.4) is 0 Å². The third kappa shape index (κ3) is 7.02. The molecular formula is C25H27ClN4O5S. The van der Waals surface area contributed by atoms with Crippen LogP contribution >= 0.6 is 23.4 Å². The summed E-state index contributed by atoms with van der Waals surface area (Å²) in [5.74, 6) is 1.02. The third-order valence-corrected chi connectivity index (χ3v) is 6.16. The van der Waals surface area contributed by atoms with E-state index in [0.717, 1.165) is 5.56 Å². The maximum absolute atomic E-state index is 12.6. The average Bonchev–Trinajstić information content (AvgIpc) is 3.25. The van der Waals surface area contributed by atoms with E-state index in [0.29, 0.717) is 45.3 Å². The monoisotopic (exact) mass is 530 g/mol. The Labute approximate surface area is 218 Å². The zero-order chi connectivity index (χ0) is 26.1. The summed E-state index contributed by atoms with van der Waals surface area (Å²) >= 11 is 7.40. The van der Waals surface area contributed by atoms with E-state index in [-0.39, 0.29) is 24.9 Å². The number of carbonyl (C=O) groups excluding carboxylic acids is 2. The number of amides is 1. The average molecular weight is 531 g/mol. The molecule has 1 N–H and O–H groups in total. The minimum atomic E-state index is -0.491.